The highest BCUT2D eigenvalue weighted by Gasteiger charge is 2.19. The zero-order valence-electron chi connectivity index (χ0n) is 52.6. The van der Waals surface area contributed by atoms with Crippen molar-refractivity contribution in [3.63, 3.8) is 0 Å². The van der Waals surface area contributed by atoms with Crippen molar-refractivity contribution in [3.8, 4) is 0 Å². The lowest BCUT2D eigenvalue weighted by Crippen LogP contribution is -2.30. The van der Waals surface area contributed by atoms with Gasteiger partial charge >= 0.3 is 17.9 Å². The fourth-order valence-corrected chi connectivity index (χ4v) is 10.1. The number of carbonyl (C=O) groups is 3. The van der Waals surface area contributed by atoms with Gasteiger partial charge in [0.15, 0.2) is 6.10 Å². The second-order valence-corrected chi connectivity index (χ2v) is 23.1. The zero-order valence-corrected chi connectivity index (χ0v) is 52.6. The van der Waals surface area contributed by atoms with Gasteiger partial charge in [-0.05, 0) is 89.9 Å². The molecule has 6 heteroatoms. The van der Waals surface area contributed by atoms with Crippen molar-refractivity contribution in [2.24, 2.45) is 0 Å². The summed E-state index contributed by atoms with van der Waals surface area (Å²) in [5.74, 6) is -0.864. The van der Waals surface area contributed by atoms with E-state index in [0.29, 0.717) is 19.3 Å². The standard InChI is InChI=1S/C73H130O6/c1-4-7-10-13-16-18-20-22-24-26-28-30-31-32-33-34-35-36-37-38-39-40-41-43-44-46-48-50-52-54-57-60-63-66-72(75)78-69-70(68-77-71(74)65-62-59-56-15-12-9-6-3)79-73(76)67-64-61-58-55-53-51-49-47-45-42-29-27-25-23-21-19-17-14-11-8-5-2/h7,10,16,18,21-24,27-30,70H,4-6,8-9,11-15,17,19-20,25-26,31-69H2,1-3H3/b10-7-,18-16-,23-21-,24-22-,29-27-,30-28-. The topological polar surface area (TPSA) is 78.9 Å². The molecule has 0 aliphatic heterocycles. The van der Waals surface area contributed by atoms with Crippen LogP contribution in [0.25, 0.3) is 0 Å². The molecule has 0 rings (SSSR count). The molecule has 0 aliphatic rings. The third-order valence-electron chi connectivity index (χ3n) is 15.2. The number of hydrogen-bond acceptors (Lipinski definition) is 6. The Kier molecular flexibility index (Phi) is 64.7. The lowest BCUT2D eigenvalue weighted by Gasteiger charge is -2.18. The molecule has 458 valence electrons. The quantitative estimate of drug-likeness (QED) is 0.0261. The predicted octanol–water partition coefficient (Wildman–Crippen LogP) is 23.7. The number of esters is 3. The molecule has 0 saturated carbocycles. The Morgan fingerprint density at radius 2 is 0.494 bits per heavy atom. The maximum Gasteiger partial charge on any atom is 0.306 e. The van der Waals surface area contributed by atoms with E-state index in [9.17, 15) is 14.4 Å². The Hall–Kier alpha value is -3.15. The van der Waals surface area contributed by atoms with E-state index in [2.05, 4.69) is 93.7 Å². The number of hydrogen-bond donors (Lipinski definition) is 0. The van der Waals surface area contributed by atoms with Crippen LogP contribution in [0.15, 0.2) is 72.9 Å². The van der Waals surface area contributed by atoms with Gasteiger partial charge in [-0.1, -0.05) is 318 Å². The maximum atomic E-state index is 12.9. The van der Waals surface area contributed by atoms with Crippen molar-refractivity contribution >= 4 is 17.9 Å². The molecule has 0 N–H and O–H groups in total. The second kappa shape index (κ2) is 67.4. The smallest absolute Gasteiger partial charge is 0.306 e. The summed E-state index contributed by atoms with van der Waals surface area (Å²) in [7, 11) is 0. The molecule has 0 aromatic carbocycles. The van der Waals surface area contributed by atoms with Crippen molar-refractivity contribution in [1.82, 2.24) is 0 Å². The minimum absolute atomic E-state index is 0.0719. The van der Waals surface area contributed by atoms with Crippen LogP contribution in [0, 0.1) is 0 Å². The van der Waals surface area contributed by atoms with Crippen LogP contribution in [-0.4, -0.2) is 37.2 Å². The number of unbranched alkanes of at least 4 members (excludes halogenated alkanes) is 40. The summed E-state index contributed by atoms with van der Waals surface area (Å²) in [4.78, 5) is 38.1. The summed E-state index contributed by atoms with van der Waals surface area (Å²) in [6.45, 7) is 6.52. The van der Waals surface area contributed by atoms with E-state index in [1.165, 1.54) is 225 Å². The molecular weight excluding hydrogens is 973 g/mol. The third-order valence-corrected chi connectivity index (χ3v) is 15.2. The van der Waals surface area contributed by atoms with Gasteiger partial charge < -0.3 is 14.2 Å². The van der Waals surface area contributed by atoms with Crippen LogP contribution < -0.4 is 0 Å². The molecule has 0 spiro atoms. The number of carbonyl (C=O) groups excluding carboxylic acids is 3. The Labute approximate surface area is 491 Å². The van der Waals surface area contributed by atoms with Gasteiger partial charge in [0.1, 0.15) is 13.2 Å². The summed E-state index contributed by atoms with van der Waals surface area (Å²) >= 11 is 0. The number of rotatable bonds is 63. The molecule has 0 radical (unpaired) electrons. The van der Waals surface area contributed by atoms with E-state index < -0.39 is 6.10 Å². The van der Waals surface area contributed by atoms with E-state index >= 15 is 0 Å². The summed E-state index contributed by atoms with van der Waals surface area (Å²) in [5, 5.41) is 0. The Balaban J connectivity index is 4.01. The average Bonchev–Trinajstić information content (AvgIpc) is 3.45. The second-order valence-electron chi connectivity index (χ2n) is 23.1. The lowest BCUT2D eigenvalue weighted by atomic mass is 10.0. The van der Waals surface area contributed by atoms with Crippen LogP contribution in [0.5, 0.6) is 0 Å². The molecule has 0 aliphatic carbocycles. The summed E-state index contributed by atoms with van der Waals surface area (Å²) < 4.78 is 16.9. The molecular formula is C73H130O6. The van der Waals surface area contributed by atoms with E-state index in [-0.39, 0.29) is 31.1 Å². The van der Waals surface area contributed by atoms with Gasteiger partial charge in [0, 0.05) is 19.3 Å². The molecule has 0 saturated heterocycles. The van der Waals surface area contributed by atoms with Crippen LogP contribution in [0.3, 0.4) is 0 Å². The minimum atomic E-state index is -0.773. The first-order valence-electron chi connectivity index (χ1n) is 34.4. The first-order chi connectivity index (χ1) is 39.0. The average molecular weight is 1100 g/mol. The minimum Gasteiger partial charge on any atom is -0.462 e. The van der Waals surface area contributed by atoms with Crippen molar-refractivity contribution in [1.29, 1.82) is 0 Å². The molecule has 0 bridgehead atoms. The van der Waals surface area contributed by atoms with Crippen molar-refractivity contribution in [3.05, 3.63) is 72.9 Å². The van der Waals surface area contributed by atoms with Gasteiger partial charge in [-0.25, -0.2) is 0 Å². The molecule has 0 amide bonds. The first-order valence-corrected chi connectivity index (χ1v) is 34.4. The number of ether oxygens (including phenoxy) is 3. The molecule has 1 unspecified atom stereocenters. The van der Waals surface area contributed by atoms with Crippen LogP contribution in [0.4, 0.5) is 0 Å². The molecule has 0 fully saturated rings. The maximum absolute atomic E-state index is 12.9. The SMILES string of the molecule is CC/C=C\C/C=C\C/C=C\C/C=C\CCCCCCCCCCCCCCCCCCCCCCC(=O)OCC(COC(=O)CCCCCCCCC)OC(=O)CCCCCCCCCCC/C=C\C/C=C\CCCCCCC. The monoisotopic (exact) mass is 1100 g/mol. The largest absolute Gasteiger partial charge is 0.462 e. The lowest BCUT2D eigenvalue weighted by molar-refractivity contribution is -0.167. The van der Waals surface area contributed by atoms with E-state index in [4.69, 9.17) is 14.2 Å². The molecule has 79 heavy (non-hydrogen) atoms. The van der Waals surface area contributed by atoms with Gasteiger partial charge in [0.2, 0.25) is 0 Å². The Morgan fingerprint density at radius 3 is 0.772 bits per heavy atom. The first kappa shape index (κ1) is 75.8. The highest BCUT2D eigenvalue weighted by molar-refractivity contribution is 5.71. The molecule has 0 heterocycles. The molecule has 6 nitrogen and oxygen atoms in total. The highest BCUT2D eigenvalue weighted by Crippen LogP contribution is 2.18. The normalized spacial score (nSPS) is 12.5. The Bertz CT molecular complexity index is 1450. The summed E-state index contributed by atoms with van der Waals surface area (Å²) in [5.41, 5.74) is 0. The molecule has 0 aromatic heterocycles. The predicted molar refractivity (Wildman–Crippen MR) is 344 cm³/mol. The Morgan fingerprint density at radius 1 is 0.266 bits per heavy atom. The molecule has 0 aromatic rings. The van der Waals surface area contributed by atoms with Crippen molar-refractivity contribution in [2.75, 3.05) is 13.2 Å². The van der Waals surface area contributed by atoms with Crippen molar-refractivity contribution < 1.29 is 28.6 Å². The third kappa shape index (κ3) is 65.5. The van der Waals surface area contributed by atoms with Crippen molar-refractivity contribution in [2.45, 2.75) is 361 Å². The van der Waals surface area contributed by atoms with Crippen LogP contribution in [0.2, 0.25) is 0 Å². The summed E-state index contributed by atoms with van der Waals surface area (Å²) in [6.07, 6.45) is 88.2. The number of allylic oxidation sites excluding steroid dienone is 12. The van der Waals surface area contributed by atoms with Gasteiger partial charge in [0.05, 0.1) is 0 Å². The van der Waals surface area contributed by atoms with Gasteiger partial charge in [-0.15, -0.1) is 0 Å². The van der Waals surface area contributed by atoms with Crippen LogP contribution >= 0.6 is 0 Å². The van der Waals surface area contributed by atoms with Gasteiger partial charge in [-0.2, -0.15) is 0 Å². The fourth-order valence-electron chi connectivity index (χ4n) is 10.1. The zero-order chi connectivity index (χ0) is 57.1. The van der Waals surface area contributed by atoms with E-state index in [1.54, 1.807) is 0 Å². The van der Waals surface area contributed by atoms with Crippen LogP contribution in [-0.2, 0) is 28.6 Å². The molecule has 1 atom stereocenters. The fraction of sp³-hybridized carbons (Fsp3) is 0.795. The van der Waals surface area contributed by atoms with E-state index in [1.807, 2.05) is 0 Å². The summed E-state index contributed by atoms with van der Waals surface area (Å²) in [6, 6.07) is 0. The highest BCUT2D eigenvalue weighted by atomic mass is 16.6. The van der Waals surface area contributed by atoms with Crippen LogP contribution in [0.1, 0.15) is 355 Å². The van der Waals surface area contributed by atoms with E-state index in [0.717, 1.165) is 89.9 Å². The van der Waals surface area contributed by atoms with Gasteiger partial charge in [0.25, 0.3) is 0 Å². The van der Waals surface area contributed by atoms with Gasteiger partial charge in [-0.3, -0.25) is 14.4 Å².